The Balaban J connectivity index is 0.00000613. The fraction of sp³-hybridized carbons (Fsp3) is 0.477. The van der Waals surface area contributed by atoms with Gasteiger partial charge < -0.3 is 87.2 Å². The molecular weight excluding hydrogens is 1820 g/mol. The minimum absolute atomic E-state index is 0.00543. The van der Waals surface area contributed by atoms with E-state index in [0.29, 0.717) is 50.8 Å². The molecular formula is C88H124N20O24S3. The number of aromatic nitrogens is 6. The number of benzene rings is 4. The summed E-state index contributed by atoms with van der Waals surface area (Å²) in [5.41, 5.74) is 2.86. The number of nitrogens with zero attached hydrogens (tertiary/aromatic N) is 8. The number of sulfonamides is 2. The molecule has 1 aliphatic heterocycles. The second-order valence-electron chi connectivity index (χ2n) is 32.5. The Morgan fingerprint density at radius 1 is 0.496 bits per heavy atom. The zero-order chi connectivity index (χ0) is 99.8. The molecule has 5 heterocycles. The number of carboxylic acids is 1. The van der Waals surface area contributed by atoms with Crippen molar-refractivity contribution in [2.24, 2.45) is 0 Å². The van der Waals surface area contributed by atoms with Gasteiger partial charge in [-0.15, -0.1) is 0 Å². The zero-order valence-electron chi connectivity index (χ0n) is 77.3. The number of rotatable bonds is 46. The number of anilines is 2. The van der Waals surface area contributed by atoms with Crippen molar-refractivity contribution in [2.75, 3.05) is 129 Å². The highest BCUT2D eigenvalue weighted by molar-refractivity contribution is 7.90. The van der Waals surface area contributed by atoms with Crippen molar-refractivity contribution in [1.82, 2.24) is 90.0 Å². The van der Waals surface area contributed by atoms with Crippen LogP contribution in [-0.2, 0) is 94.7 Å². The molecule has 5 atom stereocenters. The molecule has 0 bridgehead atoms. The summed E-state index contributed by atoms with van der Waals surface area (Å²) in [6, 6.07) is 8.21. The van der Waals surface area contributed by atoms with Gasteiger partial charge in [0.05, 0.1) is 59.5 Å². The molecule has 1 saturated heterocycles. The van der Waals surface area contributed by atoms with Crippen molar-refractivity contribution in [3.8, 4) is 0 Å². The van der Waals surface area contributed by atoms with Gasteiger partial charge in [0.25, 0.3) is 21.9 Å². The van der Waals surface area contributed by atoms with Gasteiger partial charge in [0.15, 0.2) is 17.7 Å². The van der Waals surface area contributed by atoms with Crippen molar-refractivity contribution in [2.45, 2.75) is 167 Å². The average Bonchev–Trinajstić information content (AvgIpc) is 1.28. The van der Waals surface area contributed by atoms with E-state index in [1.165, 1.54) is 35.3 Å². The Morgan fingerprint density at radius 3 is 1.30 bits per heavy atom. The molecule has 135 heavy (non-hydrogen) atoms. The van der Waals surface area contributed by atoms with Crippen LogP contribution in [0.5, 0.6) is 0 Å². The van der Waals surface area contributed by atoms with Gasteiger partial charge in [0.1, 0.15) is 46.6 Å². The minimum atomic E-state index is -5.16. The number of carbonyl (C=O) groups excluding carboxylic acids is 9. The number of amides is 6. The lowest BCUT2D eigenvalue weighted by Gasteiger charge is -2.32. The second kappa shape index (κ2) is 52.2. The van der Waals surface area contributed by atoms with Crippen LogP contribution in [-0.4, -0.2) is 311 Å². The third-order valence-corrected chi connectivity index (χ3v) is 26.5. The van der Waals surface area contributed by atoms with Gasteiger partial charge >= 0.3 is 5.97 Å². The number of hydrogen-bond donors (Lipinski definition) is 18. The lowest BCUT2D eigenvalue weighted by Crippen LogP contribution is -2.55. The lowest BCUT2D eigenvalue weighted by molar-refractivity contribution is -0.138. The first-order chi connectivity index (χ1) is 64.0. The van der Waals surface area contributed by atoms with Crippen molar-refractivity contribution >= 4 is 123 Å². The first kappa shape index (κ1) is 110. The van der Waals surface area contributed by atoms with Crippen LogP contribution >= 0.6 is 0 Å². The van der Waals surface area contributed by atoms with E-state index < -0.39 is 193 Å². The number of carbonyl (C=O) groups is 10. The monoisotopic (exact) mass is 1940 g/mol. The smallest absolute Gasteiger partial charge is 0.317 e. The topological polar surface area (TPSA) is 629 Å². The predicted molar refractivity (Wildman–Crippen MR) is 502 cm³/mol. The molecule has 44 nitrogen and oxygen atoms in total. The maximum Gasteiger partial charge on any atom is 0.317 e. The number of carboxylic acid groups (broad SMARTS) is 1. The van der Waals surface area contributed by atoms with E-state index in [4.69, 9.17) is 10.2 Å². The number of ketones is 3. The standard InChI is InChI=1S/C86H116N20O22S3.2CH4O/c1-10-66(83(120)87-20-12-26-106-46-65(78(117)63-17-15-61(40-72(63)106)42-95-86-90-23-24-91-86)82(119)93-44-69(59(9)110)100-131(127,128)80-56(6)37-53(3)38-57(80)7)96-74(112)19-18-67(97-75(113)47-101-27-28-102(48-76(114)115)30-32-104(51-108)34-33-103(50-107)31-29-101)84(121)98-70(49-129(122,123)124)73(111)13-11-25-105-45-64(77(116)62-16-14-60(39-71(62)105)41-94-85-88-21-22-89-85)81(118)92-43-68(58(8)109)99-130(125,126)79-54(4)35-52(2)36-55(79)5;2*1-2/h14-17,21-24,35-40,45-46,66-70,99-100,107-108H,10-13,18-20,25-34,41-44,47-51H2,1-9H3,(H,87,120)(H,92,118)(H,93,119)(H,96,112)(H,97,113)(H,98,121)(H,114,115)(H2,88,89,94)(H2,90,91,95)(H,122,123,124);2*2H,1H3/t66-,67-,68?,69?,70-;;/m0../s1. The van der Waals surface area contributed by atoms with E-state index in [2.05, 4.69) is 71.9 Å². The molecule has 47 heteroatoms. The first-order valence-electron chi connectivity index (χ1n) is 43.5. The van der Waals surface area contributed by atoms with Gasteiger partial charge in [0.2, 0.25) is 54.5 Å². The highest BCUT2D eigenvalue weighted by Crippen LogP contribution is 2.26. The fourth-order valence-corrected chi connectivity index (χ4v) is 19.6. The van der Waals surface area contributed by atoms with Crippen LogP contribution in [0.25, 0.3) is 21.8 Å². The van der Waals surface area contributed by atoms with Gasteiger partial charge in [-0.2, -0.15) is 17.9 Å². The molecule has 0 radical (unpaired) electrons. The van der Waals surface area contributed by atoms with Crippen molar-refractivity contribution < 1.29 is 103 Å². The Kier molecular flexibility index (Phi) is 42.6. The minimum Gasteiger partial charge on any atom is -0.480 e. The Bertz CT molecular complexity index is 5930. The average molecular weight is 1940 g/mol. The largest absolute Gasteiger partial charge is 0.480 e. The number of hydrogen-bond acceptors (Lipinski definition) is 30. The lowest BCUT2D eigenvalue weighted by atomic mass is 10.1. The maximum atomic E-state index is 14.9. The van der Waals surface area contributed by atoms with Crippen molar-refractivity contribution in [3.63, 3.8) is 0 Å². The Hall–Kier alpha value is -12.0. The highest BCUT2D eigenvalue weighted by atomic mass is 32.2. The van der Waals surface area contributed by atoms with Crippen molar-refractivity contribution in [3.05, 3.63) is 174 Å². The molecule has 8 aromatic rings. The number of H-pyrrole nitrogens is 2. The third-order valence-electron chi connectivity index (χ3n) is 22.2. The number of nitrogens with one attached hydrogen (secondary N) is 12. The number of aliphatic carboxylic acids is 1. The number of aliphatic hydroxyl groups excluding tert-OH is 4. The van der Waals surface area contributed by atoms with E-state index in [0.717, 1.165) is 39.2 Å². The molecule has 0 spiro atoms. The third kappa shape index (κ3) is 32.9. The highest BCUT2D eigenvalue weighted by Gasteiger charge is 2.35. The van der Waals surface area contributed by atoms with Crippen molar-refractivity contribution in [1.29, 1.82) is 0 Å². The van der Waals surface area contributed by atoms with Crippen LogP contribution in [0.2, 0.25) is 0 Å². The SMILES string of the molecule is CC[C@H](NC(=O)CC[C@H](NC(=O)CN1CCN(CO)CCN(CO)CCN(CC(=O)O)CC1)C(=O)N[C@@H](CS(=O)(=O)O)C(=O)CCCn1cc(C(=O)NCC(NS(=O)(=O)c2c(C)cc(C)cc2C)C(C)=O)c(=O)c2ccc(CNc3ncc[nH]3)cc21)C(=O)NCCCn1cc(C(=O)NCC(NS(=O)(=O)c2c(C)cc(C)cc2C)C(C)=O)c(=O)c2ccc(CNc3ncc[nH]3)cc21.CO.CO. The molecule has 4 aromatic carbocycles. The molecule has 18 N–H and O–H groups in total. The fourth-order valence-electron chi connectivity index (χ4n) is 15.5. The van der Waals surface area contributed by atoms with Gasteiger partial charge in [0, 0.05) is 173 Å². The molecule has 738 valence electrons. The molecule has 1 aliphatic rings. The second-order valence-corrected chi connectivity index (χ2v) is 37.3. The number of fused-ring (bicyclic) bond motifs is 2. The van der Waals surface area contributed by atoms with Gasteiger partial charge in [-0.1, -0.05) is 54.4 Å². The summed E-state index contributed by atoms with van der Waals surface area (Å²) in [5.74, 6) is -9.59. The predicted octanol–water partition coefficient (Wildman–Crippen LogP) is -0.320. The van der Waals surface area contributed by atoms with Gasteiger partial charge in [-0.05, 0) is 139 Å². The molecule has 1 fully saturated rings. The van der Waals surface area contributed by atoms with Gasteiger partial charge in [-0.3, -0.25) is 81.7 Å². The summed E-state index contributed by atoms with van der Waals surface area (Å²) in [5, 5.41) is 66.0. The Morgan fingerprint density at radius 2 is 0.911 bits per heavy atom. The quantitative estimate of drug-likeness (QED) is 0.0172. The molecule has 2 unspecified atom stereocenters. The van der Waals surface area contributed by atoms with Gasteiger partial charge in [-0.25, -0.2) is 26.8 Å². The molecule has 0 aliphatic carbocycles. The van der Waals surface area contributed by atoms with Crippen LogP contribution < -0.4 is 62.8 Å². The van der Waals surface area contributed by atoms with Crippen LogP contribution in [0.3, 0.4) is 0 Å². The number of pyridine rings is 2. The van der Waals surface area contributed by atoms with Crippen LogP contribution in [0.4, 0.5) is 11.9 Å². The van der Waals surface area contributed by atoms with E-state index in [1.807, 2.05) is 0 Å². The zero-order valence-corrected chi connectivity index (χ0v) is 79.8. The van der Waals surface area contributed by atoms with E-state index in [1.54, 1.807) is 140 Å². The molecule has 6 amide bonds. The molecule has 9 rings (SSSR count). The molecule has 4 aromatic heterocycles. The summed E-state index contributed by atoms with van der Waals surface area (Å²) in [6.45, 7) is 12.4. The van der Waals surface area contributed by atoms with Crippen LogP contribution in [0.1, 0.15) is 125 Å². The Labute approximate surface area is 781 Å². The number of aryl methyl sites for hydroxylation is 8. The number of aliphatic hydroxyl groups is 4. The van der Waals surface area contributed by atoms with Crippen LogP contribution in [0.15, 0.2) is 117 Å². The maximum absolute atomic E-state index is 14.9. The van der Waals surface area contributed by atoms with E-state index in [9.17, 15) is 103 Å². The summed E-state index contributed by atoms with van der Waals surface area (Å²) in [6.07, 6.45) is 6.85. The summed E-state index contributed by atoms with van der Waals surface area (Å²) in [7, 11) is -11.8. The first-order valence-corrected chi connectivity index (χ1v) is 48.0. The summed E-state index contributed by atoms with van der Waals surface area (Å²) in [4.78, 5) is 188. The van der Waals surface area contributed by atoms with E-state index in [-0.39, 0.29) is 143 Å². The van der Waals surface area contributed by atoms with Crippen LogP contribution in [0, 0.1) is 41.5 Å². The number of imidazole rings is 2. The molecule has 0 saturated carbocycles. The van der Waals surface area contributed by atoms with E-state index >= 15 is 0 Å². The number of aromatic amines is 2. The summed E-state index contributed by atoms with van der Waals surface area (Å²) < 4.78 is 99.3. The normalized spacial score (nSPS) is 14.4. The number of Topliss-reactive ketones (excluding diaryl/α,β-unsaturated/α-hetero) is 3. The summed E-state index contributed by atoms with van der Waals surface area (Å²) >= 11 is 0.